The number of aliphatic carboxylic acids is 2. The molecule has 0 amide bonds. The number of nitriles is 1. The monoisotopic (exact) mass is 1140 g/mol. The number of allylic oxidation sites excluding steroid dienone is 6. The van der Waals surface area contributed by atoms with E-state index in [1.807, 2.05) is 24.3 Å². The van der Waals surface area contributed by atoms with Gasteiger partial charge in [0.2, 0.25) is 5.69 Å². The second-order valence-corrected chi connectivity index (χ2v) is 24.6. The van der Waals surface area contributed by atoms with Crippen molar-refractivity contribution in [2.24, 2.45) is 0 Å². The number of benzene rings is 3. The van der Waals surface area contributed by atoms with Crippen LogP contribution in [0.3, 0.4) is 0 Å². The van der Waals surface area contributed by atoms with Crippen molar-refractivity contribution in [2.45, 2.75) is 283 Å². The van der Waals surface area contributed by atoms with E-state index >= 15 is 0 Å². The number of rotatable bonds is 47. The molecular formula is C74H112N3O6+. The molecule has 5 rings (SSSR count). The lowest BCUT2D eigenvalue weighted by molar-refractivity contribution is -0.436. The molecule has 3 aromatic rings. The number of carboxylic acid groups (broad SMARTS) is 2. The number of anilines is 1. The van der Waals surface area contributed by atoms with Crippen LogP contribution in [0, 0.1) is 11.3 Å². The van der Waals surface area contributed by atoms with Gasteiger partial charge in [0, 0.05) is 41.1 Å². The van der Waals surface area contributed by atoms with Gasteiger partial charge in [-0.1, -0.05) is 239 Å². The van der Waals surface area contributed by atoms with E-state index in [1.165, 1.54) is 165 Å². The normalized spacial score (nSPS) is 15.0. The Kier molecular flexibility index (Phi) is 31.8. The van der Waals surface area contributed by atoms with Crippen molar-refractivity contribution in [2.75, 3.05) is 32.2 Å². The van der Waals surface area contributed by atoms with Gasteiger partial charge in [0.05, 0.1) is 37.7 Å². The zero-order chi connectivity index (χ0) is 59.6. The van der Waals surface area contributed by atoms with Gasteiger partial charge in [-0.25, -0.2) is 0 Å². The summed E-state index contributed by atoms with van der Waals surface area (Å²) < 4.78 is 14.2. The third-order valence-electron chi connectivity index (χ3n) is 18.4. The van der Waals surface area contributed by atoms with Gasteiger partial charge in [-0.05, 0) is 96.6 Å². The van der Waals surface area contributed by atoms with Crippen molar-refractivity contribution >= 4 is 39.8 Å². The zero-order valence-electron chi connectivity index (χ0n) is 53.1. The molecule has 2 aliphatic heterocycles. The first kappa shape index (κ1) is 68.4. The van der Waals surface area contributed by atoms with Gasteiger partial charge in [0.15, 0.2) is 12.3 Å². The number of carboxylic acids is 2. The number of hydrogen-bond donors (Lipinski definition) is 2. The lowest BCUT2D eigenvalue weighted by Crippen LogP contribution is -2.35. The molecule has 458 valence electrons. The number of unbranched alkanes of at least 4 members (excludes halogenated alkanes) is 28. The molecule has 0 bridgehead atoms. The highest BCUT2D eigenvalue weighted by Crippen LogP contribution is 2.55. The first-order valence-electron chi connectivity index (χ1n) is 33.7. The standard InChI is InChI=1S/C74H111N3O6/c1-7-11-15-19-23-27-31-35-51-73(52-36-32-28-24-20-16-12-8-2)65-58-63(83-6)44-46-66(65)76(55-49-70(78)79)68(73)47-39-60(59-75)40-48-69-74(53-37-33-29-25-21-17-13-9-3,54-38-34-30-26-22-18-14-10-4)72-64-57-62(82-5)43-41-61(64)42-45-67(72)77(69)56-50-71(80)81/h39-48,57-58H,7-38,49-56H2,1-6H3,(H-,78,79,80,81)/p+1. The summed E-state index contributed by atoms with van der Waals surface area (Å²) in [6.07, 6.45) is 50.7. The zero-order valence-corrected chi connectivity index (χ0v) is 53.1. The Balaban J connectivity index is 1.68. The van der Waals surface area contributed by atoms with Crippen LogP contribution in [-0.4, -0.2) is 59.7 Å². The van der Waals surface area contributed by atoms with Crippen LogP contribution in [0.15, 0.2) is 84.1 Å². The largest absolute Gasteiger partial charge is 0.497 e. The molecule has 0 aromatic heterocycles. The van der Waals surface area contributed by atoms with E-state index in [-0.39, 0.29) is 12.8 Å². The van der Waals surface area contributed by atoms with E-state index in [0.29, 0.717) is 18.7 Å². The molecule has 3 aromatic carbocycles. The van der Waals surface area contributed by atoms with E-state index in [1.54, 1.807) is 14.2 Å². The molecule has 0 unspecified atom stereocenters. The van der Waals surface area contributed by atoms with Crippen LogP contribution in [0.5, 0.6) is 11.5 Å². The molecule has 2 N–H and O–H groups in total. The Labute approximate surface area is 504 Å². The maximum absolute atomic E-state index is 12.6. The van der Waals surface area contributed by atoms with Gasteiger partial charge < -0.3 is 24.6 Å². The molecule has 0 saturated heterocycles. The number of methoxy groups -OCH3 is 2. The van der Waals surface area contributed by atoms with Crippen LogP contribution in [-0.2, 0) is 20.4 Å². The van der Waals surface area contributed by atoms with Gasteiger partial charge >= 0.3 is 11.9 Å². The topological polar surface area (TPSA) is 123 Å². The summed E-state index contributed by atoms with van der Waals surface area (Å²) in [7, 11) is 3.46. The summed E-state index contributed by atoms with van der Waals surface area (Å²) in [6.45, 7) is 9.71. The molecule has 0 aliphatic carbocycles. The molecular weight excluding hydrogens is 1030 g/mol. The molecule has 0 spiro atoms. The minimum Gasteiger partial charge on any atom is -0.497 e. The highest BCUT2D eigenvalue weighted by molar-refractivity contribution is 6.08. The fourth-order valence-electron chi connectivity index (χ4n) is 13.8. The van der Waals surface area contributed by atoms with Crippen molar-refractivity contribution in [1.82, 2.24) is 0 Å². The third kappa shape index (κ3) is 20.7. The lowest BCUT2D eigenvalue weighted by atomic mass is 9.68. The second-order valence-electron chi connectivity index (χ2n) is 24.6. The molecule has 0 atom stereocenters. The lowest BCUT2D eigenvalue weighted by Gasteiger charge is -2.34. The van der Waals surface area contributed by atoms with Gasteiger partial charge in [0.25, 0.3) is 0 Å². The Morgan fingerprint density at radius 2 is 1.00 bits per heavy atom. The summed E-state index contributed by atoms with van der Waals surface area (Å²) in [6, 6.07) is 19.7. The van der Waals surface area contributed by atoms with Gasteiger partial charge in [-0.3, -0.25) is 9.59 Å². The SMILES string of the molecule is CCCCCCCCCCC1(CCCCCCCCCC)C(/C=C/C(C#N)=C/C=C2/N(CCC(=O)O)c3ccc(OC)cc3C2(CCCCCCCCCC)CCCCCCCCCC)=[N+](CCC(=O)O)c2ccc3ccc(OC)cc3c21. The van der Waals surface area contributed by atoms with Gasteiger partial charge in [0.1, 0.15) is 17.9 Å². The maximum Gasteiger partial charge on any atom is 0.309 e. The summed E-state index contributed by atoms with van der Waals surface area (Å²) >= 11 is 0. The molecule has 9 heteroatoms. The van der Waals surface area contributed by atoms with Crippen LogP contribution in [0.4, 0.5) is 11.4 Å². The number of ether oxygens (including phenoxy) is 2. The average molecular weight is 1140 g/mol. The minimum absolute atomic E-state index is 0.0193. The molecule has 0 saturated carbocycles. The molecule has 2 aliphatic rings. The number of carbonyl (C=O) groups is 2. The smallest absolute Gasteiger partial charge is 0.309 e. The Morgan fingerprint density at radius 3 is 1.46 bits per heavy atom. The molecule has 0 fully saturated rings. The molecule has 9 nitrogen and oxygen atoms in total. The van der Waals surface area contributed by atoms with Crippen LogP contribution in [0.1, 0.15) is 283 Å². The minimum atomic E-state index is -0.838. The number of fused-ring (bicyclic) bond motifs is 4. The van der Waals surface area contributed by atoms with Gasteiger partial charge in [-0.15, -0.1) is 0 Å². The van der Waals surface area contributed by atoms with Crippen molar-refractivity contribution in [3.8, 4) is 17.6 Å². The van der Waals surface area contributed by atoms with E-state index < -0.39 is 22.8 Å². The molecule has 2 heterocycles. The fourth-order valence-corrected chi connectivity index (χ4v) is 13.8. The van der Waals surface area contributed by atoms with Crippen molar-refractivity contribution < 1.29 is 33.9 Å². The van der Waals surface area contributed by atoms with Gasteiger partial charge in [-0.2, -0.15) is 9.84 Å². The summed E-state index contributed by atoms with van der Waals surface area (Å²) in [5, 5.41) is 34.2. The van der Waals surface area contributed by atoms with E-state index in [9.17, 15) is 25.1 Å². The average Bonchev–Trinajstić information content (AvgIpc) is 1.80. The predicted molar refractivity (Wildman–Crippen MR) is 348 cm³/mol. The second kappa shape index (κ2) is 38.6. The van der Waals surface area contributed by atoms with Crippen LogP contribution in [0.25, 0.3) is 10.8 Å². The highest BCUT2D eigenvalue weighted by atomic mass is 16.5. The highest BCUT2D eigenvalue weighted by Gasteiger charge is 2.52. The summed E-state index contributed by atoms with van der Waals surface area (Å²) in [5.41, 5.74) is 6.33. The summed E-state index contributed by atoms with van der Waals surface area (Å²) in [4.78, 5) is 27.4. The fraction of sp³-hybridized carbons (Fsp3) is 0.649. The van der Waals surface area contributed by atoms with E-state index in [4.69, 9.17) is 9.47 Å². The predicted octanol–water partition coefficient (Wildman–Crippen LogP) is 20.9. The van der Waals surface area contributed by atoms with Crippen LogP contribution in [0.2, 0.25) is 0 Å². The van der Waals surface area contributed by atoms with Crippen LogP contribution >= 0.6 is 0 Å². The Bertz CT molecular complexity index is 2540. The first-order valence-corrected chi connectivity index (χ1v) is 33.7. The Hall–Kier alpha value is -5.36. The third-order valence-corrected chi connectivity index (χ3v) is 18.4. The van der Waals surface area contributed by atoms with Crippen molar-refractivity contribution in [3.63, 3.8) is 0 Å². The van der Waals surface area contributed by atoms with Crippen LogP contribution < -0.4 is 14.4 Å². The summed E-state index contributed by atoms with van der Waals surface area (Å²) in [5.74, 6) is -0.0786. The molecule has 83 heavy (non-hydrogen) atoms. The van der Waals surface area contributed by atoms with Crippen molar-refractivity contribution in [3.05, 3.63) is 95.2 Å². The van der Waals surface area contributed by atoms with E-state index in [0.717, 1.165) is 122 Å². The first-order chi connectivity index (χ1) is 40.6. The van der Waals surface area contributed by atoms with E-state index in [2.05, 4.69) is 91.8 Å². The maximum atomic E-state index is 12.6. The number of nitrogens with zero attached hydrogens (tertiary/aromatic N) is 3. The molecule has 0 radical (unpaired) electrons. The quantitative estimate of drug-likeness (QED) is 0.0248. The van der Waals surface area contributed by atoms with Crippen molar-refractivity contribution in [1.29, 1.82) is 5.26 Å². The Morgan fingerprint density at radius 1 is 0.566 bits per heavy atom. The number of hydrogen-bond acceptors (Lipinski definition) is 6.